The summed E-state index contributed by atoms with van der Waals surface area (Å²) >= 11 is 0. The first-order chi connectivity index (χ1) is 12.3. The summed E-state index contributed by atoms with van der Waals surface area (Å²) < 4.78 is 32.6. The lowest BCUT2D eigenvalue weighted by molar-refractivity contribution is 0.182. The maximum Gasteiger partial charge on any atom is 0.240 e. The fourth-order valence-corrected chi connectivity index (χ4v) is 3.36. The van der Waals surface area contributed by atoms with Crippen molar-refractivity contribution in [3.05, 3.63) is 54.1 Å². The van der Waals surface area contributed by atoms with Gasteiger partial charge < -0.3 is 14.7 Å². The molecule has 142 valence electrons. The standard InChI is InChI=1S/C19H26N2O4S/c1-4-13-25-17-9-11-18(12-10-17)26(23,24)20-14-19(22)15-5-7-16(8-6-15)21(2)3/h5-12,19-20,22H,4,13-14H2,1-3H3. The van der Waals surface area contributed by atoms with Gasteiger partial charge in [-0.05, 0) is 48.4 Å². The Morgan fingerprint density at radius 2 is 1.69 bits per heavy atom. The zero-order chi connectivity index (χ0) is 19.2. The van der Waals surface area contributed by atoms with Crippen LogP contribution in [0, 0.1) is 0 Å². The van der Waals surface area contributed by atoms with Crippen LogP contribution in [0.5, 0.6) is 5.75 Å². The van der Waals surface area contributed by atoms with Gasteiger partial charge in [0.25, 0.3) is 0 Å². The van der Waals surface area contributed by atoms with E-state index in [2.05, 4.69) is 4.72 Å². The minimum Gasteiger partial charge on any atom is -0.494 e. The number of aliphatic hydroxyl groups is 1. The maximum atomic E-state index is 12.4. The summed E-state index contributed by atoms with van der Waals surface area (Å²) in [7, 11) is 0.161. The third kappa shape index (κ3) is 5.45. The topological polar surface area (TPSA) is 78.9 Å². The molecule has 0 saturated heterocycles. The van der Waals surface area contributed by atoms with E-state index in [4.69, 9.17) is 4.74 Å². The van der Waals surface area contributed by atoms with Crippen molar-refractivity contribution in [1.82, 2.24) is 4.72 Å². The lowest BCUT2D eigenvalue weighted by Gasteiger charge is -2.16. The van der Waals surface area contributed by atoms with Crippen molar-refractivity contribution in [2.24, 2.45) is 0 Å². The van der Waals surface area contributed by atoms with Crippen LogP contribution in [-0.4, -0.2) is 40.8 Å². The highest BCUT2D eigenvalue weighted by Crippen LogP contribution is 2.19. The highest BCUT2D eigenvalue weighted by molar-refractivity contribution is 7.89. The van der Waals surface area contributed by atoms with E-state index >= 15 is 0 Å². The van der Waals surface area contributed by atoms with Crippen LogP contribution in [-0.2, 0) is 10.0 Å². The van der Waals surface area contributed by atoms with Crippen LogP contribution >= 0.6 is 0 Å². The summed E-state index contributed by atoms with van der Waals surface area (Å²) in [6.45, 7) is 2.49. The quantitative estimate of drug-likeness (QED) is 0.701. The van der Waals surface area contributed by atoms with Crippen LogP contribution in [0.25, 0.3) is 0 Å². The summed E-state index contributed by atoms with van der Waals surface area (Å²) in [6.07, 6.45) is -0.0391. The molecule has 0 bridgehead atoms. The van der Waals surface area contributed by atoms with E-state index in [-0.39, 0.29) is 11.4 Å². The number of hydrogen-bond donors (Lipinski definition) is 2. The molecule has 0 fully saturated rings. The van der Waals surface area contributed by atoms with Crippen molar-refractivity contribution in [1.29, 1.82) is 0 Å². The fourth-order valence-electron chi connectivity index (χ4n) is 2.32. The molecule has 1 unspecified atom stereocenters. The van der Waals surface area contributed by atoms with Crippen molar-refractivity contribution >= 4 is 15.7 Å². The second-order valence-corrected chi connectivity index (χ2v) is 7.94. The van der Waals surface area contributed by atoms with Crippen LogP contribution in [0.4, 0.5) is 5.69 Å². The predicted molar refractivity (Wildman–Crippen MR) is 103 cm³/mol. The van der Waals surface area contributed by atoms with Crippen LogP contribution in [0.3, 0.4) is 0 Å². The molecule has 0 aliphatic heterocycles. The molecule has 2 aromatic carbocycles. The zero-order valence-electron chi connectivity index (χ0n) is 15.3. The lowest BCUT2D eigenvalue weighted by Crippen LogP contribution is -2.28. The Bertz CT molecular complexity index is 787. The highest BCUT2D eigenvalue weighted by Gasteiger charge is 2.17. The Morgan fingerprint density at radius 1 is 1.08 bits per heavy atom. The Kier molecular flexibility index (Phi) is 7.02. The summed E-state index contributed by atoms with van der Waals surface area (Å²) in [4.78, 5) is 2.09. The van der Waals surface area contributed by atoms with Crippen molar-refractivity contribution in [3.8, 4) is 5.75 Å². The van der Waals surface area contributed by atoms with E-state index in [1.165, 1.54) is 12.1 Å². The zero-order valence-corrected chi connectivity index (χ0v) is 16.2. The molecule has 2 aromatic rings. The minimum atomic E-state index is -3.70. The first-order valence-electron chi connectivity index (χ1n) is 8.51. The summed E-state index contributed by atoms with van der Waals surface area (Å²) in [5.74, 6) is 0.631. The molecule has 0 saturated carbocycles. The van der Waals surface area contributed by atoms with Gasteiger partial charge in [0.2, 0.25) is 10.0 Å². The van der Waals surface area contributed by atoms with Gasteiger partial charge in [-0.1, -0.05) is 19.1 Å². The molecule has 2 rings (SSSR count). The molecule has 1 atom stereocenters. The normalized spacial score (nSPS) is 12.6. The van der Waals surface area contributed by atoms with E-state index in [0.29, 0.717) is 17.9 Å². The average Bonchev–Trinajstić information content (AvgIpc) is 2.65. The van der Waals surface area contributed by atoms with Crippen LogP contribution in [0.15, 0.2) is 53.4 Å². The van der Waals surface area contributed by atoms with Gasteiger partial charge in [-0.3, -0.25) is 0 Å². The molecule has 0 heterocycles. The fraction of sp³-hybridized carbons (Fsp3) is 0.368. The predicted octanol–water partition coefficient (Wildman–Crippen LogP) is 2.55. The molecule has 26 heavy (non-hydrogen) atoms. The summed E-state index contributed by atoms with van der Waals surface area (Å²) in [5.41, 5.74) is 1.66. The Morgan fingerprint density at radius 3 is 2.23 bits per heavy atom. The Labute approximate surface area is 155 Å². The number of benzene rings is 2. The van der Waals surface area contributed by atoms with E-state index in [9.17, 15) is 13.5 Å². The van der Waals surface area contributed by atoms with Crippen LogP contribution in [0.1, 0.15) is 25.0 Å². The van der Waals surface area contributed by atoms with Gasteiger partial charge in [-0.2, -0.15) is 0 Å². The van der Waals surface area contributed by atoms with Gasteiger partial charge in [-0.25, -0.2) is 13.1 Å². The largest absolute Gasteiger partial charge is 0.494 e. The second kappa shape index (κ2) is 9.02. The van der Waals surface area contributed by atoms with Crippen molar-refractivity contribution in [2.45, 2.75) is 24.3 Å². The number of rotatable bonds is 9. The molecule has 7 heteroatoms. The van der Waals surface area contributed by atoms with E-state index in [1.54, 1.807) is 24.3 Å². The smallest absolute Gasteiger partial charge is 0.240 e. The van der Waals surface area contributed by atoms with Crippen molar-refractivity contribution in [3.63, 3.8) is 0 Å². The SMILES string of the molecule is CCCOc1ccc(S(=O)(=O)NCC(O)c2ccc(N(C)C)cc2)cc1. The van der Waals surface area contributed by atoms with Gasteiger partial charge in [0.05, 0.1) is 17.6 Å². The molecule has 0 amide bonds. The first kappa shape index (κ1) is 20.2. The molecule has 0 aliphatic rings. The number of hydrogen-bond acceptors (Lipinski definition) is 5. The average molecular weight is 378 g/mol. The van der Waals surface area contributed by atoms with E-state index < -0.39 is 16.1 Å². The molecular weight excluding hydrogens is 352 g/mol. The molecular formula is C19H26N2O4S. The van der Waals surface area contributed by atoms with Crippen molar-refractivity contribution in [2.75, 3.05) is 32.1 Å². The lowest BCUT2D eigenvalue weighted by atomic mass is 10.1. The van der Waals surface area contributed by atoms with E-state index in [0.717, 1.165) is 12.1 Å². The second-order valence-electron chi connectivity index (χ2n) is 6.17. The van der Waals surface area contributed by atoms with E-state index in [1.807, 2.05) is 38.1 Å². The molecule has 0 aliphatic carbocycles. The van der Waals surface area contributed by atoms with Gasteiger partial charge >= 0.3 is 0 Å². The van der Waals surface area contributed by atoms with Gasteiger partial charge in [0, 0.05) is 26.3 Å². The molecule has 2 N–H and O–H groups in total. The number of sulfonamides is 1. The molecule has 0 spiro atoms. The number of ether oxygens (including phenoxy) is 1. The minimum absolute atomic E-state index is 0.0995. The molecule has 0 radical (unpaired) electrons. The van der Waals surface area contributed by atoms with Crippen LogP contribution < -0.4 is 14.4 Å². The number of aliphatic hydroxyl groups excluding tert-OH is 1. The van der Waals surface area contributed by atoms with Crippen LogP contribution in [0.2, 0.25) is 0 Å². The summed E-state index contributed by atoms with van der Waals surface area (Å²) in [5, 5.41) is 10.2. The molecule has 0 aromatic heterocycles. The monoisotopic (exact) mass is 378 g/mol. The third-order valence-corrected chi connectivity index (χ3v) is 5.31. The number of nitrogens with zero attached hydrogens (tertiary/aromatic N) is 1. The third-order valence-electron chi connectivity index (χ3n) is 3.87. The van der Waals surface area contributed by atoms with Gasteiger partial charge in [0.1, 0.15) is 5.75 Å². The number of nitrogens with one attached hydrogen (secondary N) is 1. The summed E-state index contributed by atoms with van der Waals surface area (Å²) in [6, 6.07) is 13.6. The molecule has 6 nitrogen and oxygen atoms in total. The Hall–Kier alpha value is -2.09. The van der Waals surface area contributed by atoms with Gasteiger partial charge in [-0.15, -0.1) is 0 Å². The Balaban J connectivity index is 1.98. The number of anilines is 1. The van der Waals surface area contributed by atoms with Gasteiger partial charge in [0.15, 0.2) is 0 Å². The first-order valence-corrected chi connectivity index (χ1v) is 9.99. The highest BCUT2D eigenvalue weighted by atomic mass is 32.2. The van der Waals surface area contributed by atoms with Crippen molar-refractivity contribution < 1.29 is 18.3 Å². The maximum absolute atomic E-state index is 12.4.